The van der Waals surface area contributed by atoms with Crippen LogP contribution >= 0.6 is 12.4 Å². The van der Waals surface area contributed by atoms with Gasteiger partial charge in [-0.15, -0.1) is 17.5 Å². The molecule has 0 unspecified atom stereocenters. The molecule has 0 bridgehead atoms. The van der Waals surface area contributed by atoms with Gasteiger partial charge in [0.15, 0.2) is 5.96 Å². The summed E-state index contributed by atoms with van der Waals surface area (Å²) in [6.45, 7) is 1.36. The molecule has 4 aromatic rings. The van der Waals surface area contributed by atoms with Gasteiger partial charge in [0, 0.05) is 17.7 Å². The molecule has 5 rings (SSSR count). The van der Waals surface area contributed by atoms with Crippen LogP contribution in [0.15, 0.2) is 65.3 Å². The first-order valence-electron chi connectivity index (χ1n) is 10.2. The van der Waals surface area contributed by atoms with E-state index in [2.05, 4.69) is 20.5 Å². The highest BCUT2D eigenvalue weighted by atomic mass is 35.5. The normalized spacial score (nSPS) is 15.5. The fourth-order valence-corrected chi connectivity index (χ4v) is 3.86. The monoisotopic (exact) mass is 450 g/mol. The van der Waals surface area contributed by atoms with Gasteiger partial charge in [-0.3, -0.25) is 5.41 Å². The Bertz CT molecular complexity index is 1190. The van der Waals surface area contributed by atoms with Crippen LogP contribution in [0.2, 0.25) is 0 Å². The zero-order valence-corrected chi connectivity index (χ0v) is 18.1. The minimum absolute atomic E-state index is 0. The van der Waals surface area contributed by atoms with Crippen molar-refractivity contribution in [2.24, 2.45) is 5.73 Å². The van der Waals surface area contributed by atoms with Crippen LogP contribution < -0.4 is 5.73 Å². The Morgan fingerprint density at radius 2 is 1.88 bits per heavy atom. The molecule has 1 atom stereocenters. The third-order valence-corrected chi connectivity index (χ3v) is 5.45. The van der Waals surface area contributed by atoms with Gasteiger partial charge >= 0.3 is 0 Å². The number of likely N-dealkylation sites (tertiary alicyclic amines) is 1. The molecule has 10 heteroatoms. The first-order valence-corrected chi connectivity index (χ1v) is 10.2. The number of nitrogens with zero attached hydrogens (tertiary/aromatic N) is 6. The largest absolute Gasteiger partial charge is 0.370 e. The van der Waals surface area contributed by atoms with E-state index in [-0.39, 0.29) is 24.4 Å². The van der Waals surface area contributed by atoms with Crippen LogP contribution in [0.25, 0.3) is 22.6 Å². The van der Waals surface area contributed by atoms with Gasteiger partial charge in [-0.25, -0.2) is 4.68 Å². The van der Waals surface area contributed by atoms with Crippen molar-refractivity contribution < 1.29 is 4.52 Å². The van der Waals surface area contributed by atoms with Crippen LogP contribution in [0.3, 0.4) is 0 Å². The van der Waals surface area contributed by atoms with E-state index < -0.39 is 0 Å². The molecule has 1 aliphatic heterocycles. The third kappa shape index (κ3) is 4.33. The molecule has 0 saturated carbocycles. The molecule has 1 aliphatic rings. The van der Waals surface area contributed by atoms with E-state index in [1.807, 2.05) is 65.5 Å². The van der Waals surface area contributed by atoms with E-state index >= 15 is 0 Å². The van der Waals surface area contributed by atoms with Crippen LogP contribution in [0, 0.1) is 5.41 Å². The molecule has 1 saturated heterocycles. The van der Waals surface area contributed by atoms with Crippen LogP contribution in [0.4, 0.5) is 0 Å². The van der Waals surface area contributed by atoms with Gasteiger partial charge in [0.2, 0.25) is 11.7 Å². The minimum atomic E-state index is -0.121. The minimum Gasteiger partial charge on any atom is -0.370 e. The molecule has 32 heavy (non-hydrogen) atoms. The van der Waals surface area contributed by atoms with Crippen molar-refractivity contribution in [3.8, 4) is 22.6 Å². The van der Waals surface area contributed by atoms with Gasteiger partial charge in [-0.2, -0.15) is 4.98 Å². The molecule has 9 nitrogen and oxygen atoms in total. The van der Waals surface area contributed by atoms with Crippen LogP contribution in [-0.2, 0) is 6.54 Å². The lowest BCUT2D eigenvalue weighted by Gasteiger charge is -2.21. The number of nitrogens with two attached hydrogens (primary N) is 1. The van der Waals surface area contributed by atoms with E-state index in [1.165, 1.54) is 0 Å². The zero-order valence-electron chi connectivity index (χ0n) is 17.3. The maximum Gasteiger partial charge on any atom is 0.249 e. The fourth-order valence-electron chi connectivity index (χ4n) is 3.86. The summed E-state index contributed by atoms with van der Waals surface area (Å²) in [7, 11) is 0. The summed E-state index contributed by atoms with van der Waals surface area (Å²) in [5.41, 5.74) is 9.52. The van der Waals surface area contributed by atoms with E-state index in [4.69, 9.17) is 15.7 Å². The molecular formula is C22H23ClN8O. The summed E-state index contributed by atoms with van der Waals surface area (Å²) in [5, 5.41) is 20.3. The summed E-state index contributed by atoms with van der Waals surface area (Å²) in [5.74, 6) is 1.07. The van der Waals surface area contributed by atoms with Crippen molar-refractivity contribution in [2.45, 2.75) is 25.4 Å². The predicted octanol–water partition coefficient (Wildman–Crippen LogP) is 3.50. The molecule has 3 N–H and O–H groups in total. The molecule has 0 radical (unpaired) electrons. The second kappa shape index (κ2) is 9.19. The number of nitrogens with one attached hydrogen (secondary N) is 1. The lowest BCUT2D eigenvalue weighted by Crippen LogP contribution is -2.35. The Labute approximate surface area is 191 Å². The molecule has 0 aliphatic carbocycles. The summed E-state index contributed by atoms with van der Waals surface area (Å²) < 4.78 is 7.30. The maximum absolute atomic E-state index is 7.71. The van der Waals surface area contributed by atoms with E-state index in [0.29, 0.717) is 18.3 Å². The van der Waals surface area contributed by atoms with E-state index in [9.17, 15) is 0 Å². The smallest absolute Gasteiger partial charge is 0.249 e. The number of hydrogen-bond donors (Lipinski definition) is 2. The van der Waals surface area contributed by atoms with Gasteiger partial charge in [-0.05, 0) is 18.4 Å². The summed E-state index contributed by atoms with van der Waals surface area (Å²) in [6, 6.07) is 17.8. The van der Waals surface area contributed by atoms with Crippen LogP contribution in [0.1, 0.15) is 30.3 Å². The van der Waals surface area contributed by atoms with Crippen molar-refractivity contribution >= 4 is 18.4 Å². The average molecular weight is 451 g/mol. The van der Waals surface area contributed by atoms with E-state index in [1.54, 1.807) is 4.90 Å². The van der Waals surface area contributed by atoms with Gasteiger partial charge in [-0.1, -0.05) is 65.0 Å². The SMILES string of the molecule is Cl.N=C(N)N1CCC[C@H]1c1nc(-c2ccc(Cn3cc(-c4ccccc4)nn3)cc2)no1. The zero-order chi connectivity index (χ0) is 21.2. The Balaban J connectivity index is 0.00000245. The van der Waals surface area contributed by atoms with Crippen LogP contribution in [0.5, 0.6) is 0 Å². The van der Waals surface area contributed by atoms with Crippen molar-refractivity contribution in [3.05, 3.63) is 72.2 Å². The third-order valence-electron chi connectivity index (χ3n) is 5.45. The number of benzene rings is 2. The highest BCUT2D eigenvalue weighted by Gasteiger charge is 2.31. The maximum atomic E-state index is 7.71. The molecular weight excluding hydrogens is 428 g/mol. The first-order chi connectivity index (χ1) is 15.2. The van der Waals surface area contributed by atoms with Gasteiger partial charge in [0.05, 0.1) is 12.7 Å². The quantitative estimate of drug-likeness (QED) is 0.352. The predicted molar refractivity (Wildman–Crippen MR) is 122 cm³/mol. The number of guanidine groups is 1. The number of hydrogen-bond acceptors (Lipinski definition) is 6. The summed E-state index contributed by atoms with van der Waals surface area (Å²) in [6.07, 6.45) is 3.74. The molecule has 3 heterocycles. The highest BCUT2D eigenvalue weighted by Crippen LogP contribution is 2.31. The highest BCUT2D eigenvalue weighted by molar-refractivity contribution is 5.85. The van der Waals surface area contributed by atoms with Crippen molar-refractivity contribution in [1.29, 1.82) is 5.41 Å². The number of rotatable bonds is 5. The van der Waals surface area contributed by atoms with E-state index in [0.717, 1.165) is 41.8 Å². The molecule has 1 fully saturated rings. The topological polar surface area (TPSA) is 123 Å². The summed E-state index contributed by atoms with van der Waals surface area (Å²) in [4.78, 5) is 6.34. The van der Waals surface area contributed by atoms with Crippen molar-refractivity contribution in [2.75, 3.05) is 6.54 Å². The number of halogens is 1. The first kappa shape index (κ1) is 21.5. The number of aromatic nitrogens is 5. The fraction of sp³-hybridized carbons (Fsp3) is 0.227. The second-order valence-electron chi connectivity index (χ2n) is 7.56. The Morgan fingerprint density at radius 3 is 2.62 bits per heavy atom. The second-order valence-corrected chi connectivity index (χ2v) is 7.56. The lowest BCUT2D eigenvalue weighted by atomic mass is 10.1. The molecule has 2 aromatic carbocycles. The molecule has 164 valence electrons. The average Bonchev–Trinajstić information content (AvgIpc) is 3.55. The Morgan fingerprint density at radius 1 is 1.09 bits per heavy atom. The van der Waals surface area contributed by atoms with Gasteiger partial charge < -0.3 is 15.2 Å². The van der Waals surface area contributed by atoms with Gasteiger partial charge in [0.1, 0.15) is 11.7 Å². The molecule has 2 aromatic heterocycles. The molecule has 0 amide bonds. The Hall–Kier alpha value is -3.72. The van der Waals surface area contributed by atoms with Crippen molar-refractivity contribution in [1.82, 2.24) is 30.0 Å². The lowest BCUT2D eigenvalue weighted by molar-refractivity contribution is 0.283. The van der Waals surface area contributed by atoms with Crippen LogP contribution in [-0.4, -0.2) is 42.5 Å². The molecule has 0 spiro atoms. The summed E-state index contributed by atoms with van der Waals surface area (Å²) >= 11 is 0. The Kier molecular flexibility index (Phi) is 6.18. The van der Waals surface area contributed by atoms with Crippen molar-refractivity contribution in [3.63, 3.8) is 0 Å². The standard InChI is InChI=1S/C22H22N8O.ClH/c23-22(24)30-12-4-7-19(30)21-25-20(27-31-21)17-10-8-15(9-11-17)13-29-14-18(26-28-29)16-5-2-1-3-6-16;/h1-3,5-6,8-11,14,19H,4,7,12-13H2,(H3,23,24);1H/t19-;/m0./s1. The van der Waals surface area contributed by atoms with Gasteiger partial charge in [0.25, 0.3) is 0 Å².